The molecule has 0 saturated carbocycles. The summed E-state index contributed by atoms with van der Waals surface area (Å²) in [6, 6.07) is 11.6. The predicted molar refractivity (Wildman–Crippen MR) is 116 cm³/mol. The molecule has 156 valence electrons. The van der Waals surface area contributed by atoms with Gasteiger partial charge in [0.2, 0.25) is 15.9 Å². The highest BCUT2D eigenvalue weighted by Crippen LogP contribution is 2.25. The Morgan fingerprint density at radius 3 is 2.28 bits per heavy atom. The smallest absolute Gasteiger partial charge is 0.243 e. The van der Waals surface area contributed by atoms with E-state index in [4.69, 9.17) is 23.2 Å². The molecular weight excluding hydrogens is 431 g/mol. The van der Waals surface area contributed by atoms with Crippen molar-refractivity contribution in [1.29, 1.82) is 0 Å². The number of hydrogen-bond acceptors (Lipinski definition) is 3. The second-order valence-corrected chi connectivity index (χ2v) is 10.0. The summed E-state index contributed by atoms with van der Waals surface area (Å²) >= 11 is 12.1. The first-order valence-corrected chi connectivity index (χ1v) is 11.8. The molecule has 0 atom stereocenters. The summed E-state index contributed by atoms with van der Waals surface area (Å²) in [5, 5.41) is 0.743. The number of aryl methyl sites for hydroxylation is 1. The van der Waals surface area contributed by atoms with E-state index in [9.17, 15) is 13.2 Å². The monoisotopic (exact) mass is 454 g/mol. The molecule has 1 aliphatic heterocycles. The van der Waals surface area contributed by atoms with Gasteiger partial charge in [0, 0.05) is 19.6 Å². The minimum Gasteiger partial charge on any atom is -0.342 e. The quantitative estimate of drug-likeness (QED) is 0.644. The minimum atomic E-state index is -3.86. The molecule has 2 aromatic rings. The molecule has 2 aromatic carbocycles. The number of carbonyl (C=O) groups excluding carboxylic acids is 1. The second kappa shape index (κ2) is 9.47. The van der Waals surface area contributed by atoms with Gasteiger partial charge in [-0.05, 0) is 56.0 Å². The fourth-order valence-corrected chi connectivity index (χ4v) is 5.02. The van der Waals surface area contributed by atoms with Crippen molar-refractivity contribution in [1.82, 2.24) is 9.21 Å². The zero-order chi connectivity index (χ0) is 21.0. The molecule has 1 amide bonds. The van der Waals surface area contributed by atoms with Crippen molar-refractivity contribution in [2.45, 2.75) is 37.6 Å². The summed E-state index contributed by atoms with van der Waals surface area (Å²) in [4.78, 5) is 14.7. The van der Waals surface area contributed by atoms with Crippen LogP contribution in [0, 0.1) is 6.92 Å². The Labute approximate surface area is 182 Å². The SMILES string of the molecule is Cc1ccc(S(=O)(=O)N(CC(=O)N2CCCCC2)Cc2ccc(Cl)c(Cl)c2)cc1. The van der Waals surface area contributed by atoms with Crippen LogP contribution >= 0.6 is 23.2 Å². The number of nitrogens with zero attached hydrogens (tertiary/aromatic N) is 2. The lowest BCUT2D eigenvalue weighted by atomic mass is 10.1. The molecule has 1 fully saturated rings. The third kappa shape index (κ3) is 5.51. The second-order valence-electron chi connectivity index (χ2n) is 7.28. The van der Waals surface area contributed by atoms with Gasteiger partial charge in [-0.25, -0.2) is 8.42 Å². The summed E-state index contributed by atoms with van der Waals surface area (Å²) in [5.74, 6) is -0.180. The molecule has 29 heavy (non-hydrogen) atoms. The fraction of sp³-hybridized carbons (Fsp3) is 0.381. The van der Waals surface area contributed by atoms with Crippen LogP contribution in [0.2, 0.25) is 10.0 Å². The first-order chi connectivity index (χ1) is 13.8. The largest absolute Gasteiger partial charge is 0.342 e. The third-order valence-electron chi connectivity index (χ3n) is 5.02. The van der Waals surface area contributed by atoms with E-state index in [-0.39, 0.29) is 23.9 Å². The average molecular weight is 455 g/mol. The van der Waals surface area contributed by atoms with Gasteiger partial charge in [0.15, 0.2) is 0 Å². The van der Waals surface area contributed by atoms with Crippen molar-refractivity contribution >= 4 is 39.1 Å². The zero-order valence-electron chi connectivity index (χ0n) is 16.3. The number of hydrogen-bond donors (Lipinski definition) is 0. The highest BCUT2D eigenvalue weighted by atomic mass is 35.5. The van der Waals surface area contributed by atoms with Gasteiger partial charge in [-0.15, -0.1) is 0 Å². The van der Waals surface area contributed by atoms with Gasteiger partial charge in [0.25, 0.3) is 0 Å². The number of amides is 1. The molecule has 0 aliphatic carbocycles. The molecule has 3 rings (SSSR count). The molecule has 1 saturated heterocycles. The lowest BCUT2D eigenvalue weighted by molar-refractivity contribution is -0.132. The van der Waals surface area contributed by atoms with Crippen molar-refractivity contribution in [3.8, 4) is 0 Å². The van der Waals surface area contributed by atoms with Crippen molar-refractivity contribution < 1.29 is 13.2 Å². The maximum absolute atomic E-state index is 13.3. The Balaban J connectivity index is 1.90. The molecule has 0 spiro atoms. The van der Waals surface area contributed by atoms with Crippen LogP contribution in [0.25, 0.3) is 0 Å². The van der Waals surface area contributed by atoms with E-state index >= 15 is 0 Å². The highest BCUT2D eigenvalue weighted by Gasteiger charge is 2.29. The van der Waals surface area contributed by atoms with E-state index < -0.39 is 10.0 Å². The summed E-state index contributed by atoms with van der Waals surface area (Å²) in [6.45, 7) is 3.06. The summed E-state index contributed by atoms with van der Waals surface area (Å²) in [5.41, 5.74) is 1.63. The first kappa shape index (κ1) is 22.1. The van der Waals surface area contributed by atoms with Gasteiger partial charge in [0.05, 0.1) is 21.5 Å². The van der Waals surface area contributed by atoms with Gasteiger partial charge < -0.3 is 4.90 Å². The van der Waals surface area contributed by atoms with Crippen LogP contribution in [-0.4, -0.2) is 43.2 Å². The number of halogens is 2. The van der Waals surface area contributed by atoms with Gasteiger partial charge in [-0.3, -0.25) is 4.79 Å². The van der Waals surface area contributed by atoms with E-state index in [1.807, 2.05) is 6.92 Å². The molecule has 0 N–H and O–H groups in total. The maximum Gasteiger partial charge on any atom is 0.243 e. The lowest BCUT2D eigenvalue weighted by Crippen LogP contribution is -2.44. The molecule has 5 nitrogen and oxygen atoms in total. The molecule has 8 heteroatoms. The Morgan fingerprint density at radius 2 is 1.66 bits per heavy atom. The topological polar surface area (TPSA) is 57.7 Å². The molecule has 0 radical (unpaired) electrons. The molecular formula is C21H24Cl2N2O3S. The van der Waals surface area contributed by atoms with E-state index in [0.29, 0.717) is 28.7 Å². The summed E-state index contributed by atoms with van der Waals surface area (Å²) < 4.78 is 27.8. The van der Waals surface area contributed by atoms with Crippen LogP contribution in [0.5, 0.6) is 0 Å². The van der Waals surface area contributed by atoms with Crippen molar-refractivity contribution in [3.05, 3.63) is 63.6 Å². The number of sulfonamides is 1. The maximum atomic E-state index is 13.3. The fourth-order valence-electron chi connectivity index (χ4n) is 3.32. The third-order valence-corrected chi connectivity index (χ3v) is 7.57. The number of likely N-dealkylation sites (tertiary alicyclic amines) is 1. The van der Waals surface area contributed by atoms with Crippen molar-refractivity contribution in [2.75, 3.05) is 19.6 Å². The lowest BCUT2D eigenvalue weighted by Gasteiger charge is -2.30. The number of rotatable bonds is 6. The Bertz CT molecular complexity index is 972. The van der Waals surface area contributed by atoms with Crippen LogP contribution in [-0.2, 0) is 21.4 Å². The number of carbonyl (C=O) groups is 1. The van der Waals surface area contributed by atoms with Crippen LogP contribution in [0.3, 0.4) is 0 Å². The average Bonchev–Trinajstić information content (AvgIpc) is 2.71. The number of benzene rings is 2. The van der Waals surface area contributed by atoms with Gasteiger partial charge in [-0.1, -0.05) is 47.0 Å². The standard InChI is InChI=1S/C21H24Cl2N2O3S/c1-16-5-8-18(9-6-16)29(27,28)25(14-17-7-10-19(22)20(23)13-17)15-21(26)24-11-3-2-4-12-24/h5-10,13H,2-4,11-12,14-15H2,1H3. The molecule has 1 heterocycles. The van der Waals surface area contributed by atoms with Crippen molar-refractivity contribution in [2.24, 2.45) is 0 Å². The Morgan fingerprint density at radius 1 is 1.00 bits per heavy atom. The zero-order valence-corrected chi connectivity index (χ0v) is 18.6. The van der Waals surface area contributed by atoms with Crippen LogP contribution in [0.15, 0.2) is 47.4 Å². The van der Waals surface area contributed by atoms with Crippen LogP contribution < -0.4 is 0 Å². The van der Waals surface area contributed by atoms with Crippen LogP contribution in [0.4, 0.5) is 0 Å². The summed E-state index contributed by atoms with van der Waals surface area (Å²) in [6.07, 6.45) is 2.99. The Kier molecular flexibility index (Phi) is 7.22. The normalized spacial score (nSPS) is 15.0. The summed E-state index contributed by atoms with van der Waals surface area (Å²) in [7, 11) is -3.86. The Hall–Kier alpha value is -1.60. The molecule has 0 bridgehead atoms. The van der Waals surface area contributed by atoms with Gasteiger partial charge >= 0.3 is 0 Å². The van der Waals surface area contributed by atoms with Crippen LogP contribution in [0.1, 0.15) is 30.4 Å². The minimum absolute atomic E-state index is 0.0344. The van der Waals surface area contributed by atoms with Crippen molar-refractivity contribution in [3.63, 3.8) is 0 Å². The number of piperidine rings is 1. The molecule has 0 unspecified atom stereocenters. The predicted octanol–water partition coefficient (Wildman–Crippen LogP) is 4.51. The van der Waals surface area contributed by atoms with E-state index in [1.165, 1.54) is 4.31 Å². The van der Waals surface area contributed by atoms with Gasteiger partial charge in [-0.2, -0.15) is 4.31 Å². The first-order valence-electron chi connectivity index (χ1n) is 9.56. The van der Waals surface area contributed by atoms with Gasteiger partial charge in [0.1, 0.15) is 0 Å². The molecule has 1 aliphatic rings. The van der Waals surface area contributed by atoms with E-state index in [1.54, 1.807) is 47.4 Å². The highest BCUT2D eigenvalue weighted by molar-refractivity contribution is 7.89. The van der Waals surface area contributed by atoms with E-state index in [0.717, 1.165) is 24.8 Å². The van der Waals surface area contributed by atoms with E-state index in [2.05, 4.69) is 0 Å². The molecule has 0 aromatic heterocycles.